The fourth-order valence-electron chi connectivity index (χ4n) is 1.53. The van der Waals surface area contributed by atoms with Crippen LogP contribution in [0.2, 0.25) is 0 Å². The number of nitrogens with one attached hydrogen (secondary N) is 1. The number of anilines is 2. The second-order valence-corrected chi connectivity index (χ2v) is 4.74. The van der Waals surface area contributed by atoms with Gasteiger partial charge in [-0.15, -0.1) is 0 Å². The SMILES string of the molecule is CSCCCCNc1cccc(C(N)=O)c1N. The zero-order valence-corrected chi connectivity index (χ0v) is 10.8. The number of carbonyl (C=O) groups excluding carboxylic acids is 1. The van der Waals surface area contributed by atoms with Gasteiger partial charge in [0.15, 0.2) is 0 Å². The Morgan fingerprint density at radius 2 is 2.18 bits per heavy atom. The zero-order valence-electron chi connectivity index (χ0n) is 10.0. The van der Waals surface area contributed by atoms with Crippen molar-refractivity contribution in [3.63, 3.8) is 0 Å². The highest BCUT2D eigenvalue weighted by Crippen LogP contribution is 2.22. The number of hydrogen-bond acceptors (Lipinski definition) is 4. The highest BCUT2D eigenvalue weighted by atomic mass is 32.2. The van der Waals surface area contributed by atoms with E-state index in [1.165, 1.54) is 12.2 Å². The topological polar surface area (TPSA) is 81.1 Å². The number of unbranched alkanes of at least 4 members (excludes halogenated alkanes) is 1. The summed E-state index contributed by atoms with van der Waals surface area (Å²) in [5.41, 5.74) is 12.7. The third-order valence-electron chi connectivity index (χ3n) is 2.46. The van der Waals surface area contributed by atoms with Crippen molar-refractivity contribution in [3.05, 3.63) is 23.8 Å². The maximum absolute atomic E-state index is 11.1. The van der Waals surface area contributed by atoms with Gasteiger partial charge in [0.25, 0.3) is 5.91 Å². The number of thioether (sulfide) groups is 1. The number of hydrogen-bond donors (Lipinski definition) is 3. The minimum atomic E-state index is -0.492. The third kappa shape index (κ3) is 4.19. The lowest BCUT2D eigenvalue weighted by Crippen LogP contribution is -2.15. The molecule has 0 bridgehead atoms. The van der Waals surface area contributed by atoms with Crippen LogP contribution in [0.3, 0.4) is 0 Å². The lowest BCUT2D eigenvalue weighted by atomic mass is 10.1. The highest BCUT2D eigenvalue weighted by Gasteiger charge is 2.08. The fraction of sp³-hybridized carbons (Fsp3) is 0.417. The predicted molar refractivity (Wildman–Crippen MR) is 75.5 cm³/mol. The molecule has 0 spiro atoms. The van der Waals surface area contributed by atoms with E-state index in [9.17, 15) is 4.79 Å². The van der Waals surface area contributed by atoms with E-state index < -0.39 is 5.91 Å². The van der Waals surface area contributed by atoms with E-state index >= 15 is 0 Å². The van der Waals surface area contributed by atoms with Crippen molar-refractivity contribution in [2.45, 2.75) is 12.8 Å². The Labute approximate surface area is 106 Å². The lowest BCUT2D eigenvalue weighted by Gasteiger charge is -2.11. The molecule has 0 aliphatic rings. The average Bonchev–Trinajstić information content (AvgIpc) is 2.30. The van der Waals surface area contributed by atoms with Crippen LogP contribution < -0.4 is 16.8 Å². The fourth-order valence-corrected chi connectivity index (χ4v) is 2.02. The van der Waals surface area contributed by atoms with Gasteiger partial charge in [0.05, 0.1) is 16.9 Å². The second kappa shape index (κ2) is 7.06. The lowest BCUT2D eigenvalue weighted by molar-refractivity contribution is 0.100. The van der Waals surface area contributed by atoms with Crippen molar-refractivity contribution < 1.29 is 4.79 Å². The van der Waals surface area contributed by atoms with Gasteiger partial charge in [-0.2, -0.15) is 11.8 Å². The monoisotopic (exact) mass is 253 g/mol. The van der Waals surface area contributed by atoms with Gasteiger partial charge < -0.3 is 16.8 Å². The van der Waals surface area contributed by atoms with E-state index in [0.29, 0.717) is 11.3 Å². The van der Waals surface area contributed by atoms with Crippen LogP contribution in [-0.2, 0) is 0 Å². The number of nitrogen functional groups attached to an aromatic ring is 1. The van der Waals surface area contributed by atoms with E-state index in [-0.39, 0.29) is 0 Å². The van der Waals surface area contributed by atoms with E-state index in [1.54, 1.807) is 12.1 Å². The van der Waals surface area contributed by atoms with Gasteiger partial charge in [0.1, 0.15) is 0 Å². The van der Waals surface area contributed by atoms with Crippen LogP contribution in [-0.4, -0.2) is 24.5 Å². The van der Waals surface area contributed by atoms with Crippen LogP contribution in [0, 0.1) is 0 Å². The summed E-state index contributed by atoms with van der Waals surface area (Å²) in [6.45, 7) is 0.854. The van der Waals surface area contributed by atoms with E-state index in [4.69, 9.17) is 11.5 Å². The summed E-state index contributed by atoms with van der Waals surface area (Å²) in [5.74, 6) is 0.673. The Morgan fingerprint density at radius 1 is 1.41 bits per heavy atom. The smallest absolute Gasteiger partial charge is 0.250 e. The van der Waals surface area contributed by atoms with Gasteiger partial charge >= 0.3 is 0 Å². The molecular weight excluding hydrogens is 234 g/mol. The molecule has 1 rings (SSSR count). The van der Waals surface area contributed by atoms with Crippen molar-refractivity contribution in [1.82, 2.24) is 0 Å². The summed E-state index contributed by atoms with van der Waals surface area (Å²) < 4.78 is 0. The molecule has 0 aliphatic heterocycles. The highest BCUT2D eigenvalue weighted by molar-refractivity contribution is 7.98. The molecule has 1 aromatic rings. The molecule has 17 heavy (non-hydrogen) atoms. The number of benzene rings is 1. The van der Waals surface area contributed by atoms with Crippen LogP contribution in [0.1, 0.15) is 23.2 Å². The Hall–Kier alpha value is -1.36. The van der Waals surface area contributed by atoms with Crippen molar-refractivity contribution in [1.29, 1.82) is 0 Å². The molecule has 0 unspecified atom stereocenters. The average molecular weight is 253 g/mol. The van der Waals surface area contributed by atoms with Crippen molar-refractivity contribution in [2.75, 3.05) is 29.6 Å². The Morgan fingerprint density at radius 3 is 2.82 bits per heavy atom. The van der Waals surface area contributed by atoms with Crippen LogP contribution in [0.15, 0.2) is 18.2 Å². The van der Waals surface area contributed by atoms with Gasteiger partial charge in [-0.3, -0.25) is 4.79 Å². The molecular formula is C12H19N3OS. The second-order valence-electron chi connectivity index (χ2n) is 3.76. The number of para-hydroxylation sites is 1. The molecule has 0 aromatic heterocycles. The summed E-state index contributed by atoms with van der Waals surface area (Å²) in [6, 6.07) is 5.27. The Kier molecular flexibility index (Phi) is 5.69. The first-order valence-corrected chi connectivity index (χ1v) is 6.97. The Balaban J connectivity index is 2.54. The van der Waals surface area contributed by atoms with Crippen LogP contribution in [0.25, 0.3) is 0 Å². The van der Waals surface area contributed by atoms with Gasteiger partial charge in [0, 0.05) is 6.54 Å². The molecule has 0 aliphatic carbocycles. The van der Waals surface area contributed by atoms with Crippen LogP contribution in [0.5, 0.6) is 0 Å². The first-order valence-electron chi connectivity index (χ1n) is 5.58. The number of carbonyl (C=O) groups is 1. The molecule has 0 saturated heterocycles. The maximum Gasteiger partial charge on any atom is 0.250 e. The molecule has 4 nitrogen and oxygen atoms in total. The van der Waals surface area contributed by atoms with Gasteiger partial charge in [-0.25, -0.2) is 0 Å². The number of nitrogens with two attached hydrogens (primary N) is 2. The minimum Gasteiger partial charge on any atom is -0.396 e. The normalized spacial score (nSPS) is 10.2. The first kappa shape index (κ1) is 13.7. The maximum atomic E-state index is 11.1. The van der Waals surface area contributed by atoms with E-state index in [2.05, 4.69) is 11.6 Å². The Bertz CT molecular complexity index is 382. The predicted octanol–water partition coefficient (Wildman–Crippen LogP) is 1.92. The molecule has 5 heteroatoms. The molecule has 0 radical (unpaired) electrons. The molecule has 0 fully saturated rings. The molecule has 0 heterocycles. The number of amides is 1. The molecule has 1 aromatic carbocycles. The van der Waals surface area contributed by atoms with Gasteiger partial charge in [0.2, 0.25) is 0 Å². The quantitative estimate of drug-likeness (QED) is 0.512. The zero-order chi connectivity index (χ0) is 12.7. The van der Waals surface area contributed by atoms with Crippen LogP contribution >= 0.6 is 11.8 Å². The first-order chi connectivity index (χ1) is 8.16. The third-order valence-corrected chi connectivity index (χ3v) is 3.16. The van der Waals surface area contributed by atoms with Crippen molar-refractivity contribution in [2.24, 2.45) is 5.73 Å². The van der Waals surface area contributed by atoms with Crippen LogP contribution in [0.4, 0.5) is 11.4 Å². The standard InChI is InChI=1S/C12H19N3OS/c1-17-8-3-2-7-15-10-6-4-5-9(11(10)13)12(14)16/h4-6,15H,2-3,7-8,13H2,1H3,(H2,14,16). The summed E-state index contributed by atoms with van der Waals surface area (Å²) in [4.78, 5) is 11.1. The number of primary amides is 1. The van der Waals surface area contributed by atoms with Gasteiger partial charge in [-0.05, 0) is 37.0 Å². The number of rotatable bonds is 7. The summed E-state index contributed by atoms with van der Waals surface area (Å²) in [6.07, 6.45) is 4.35. The molecule has 5 N–H and O–H groups in total. The van der Waals surface area contributed by atoms with E-state index in [0.717, 1.165) is 18.7 Å². The minimum absolute atomic E-state index is 0.374. The summed E-state index contributed by atoms with van der Waals surface area (Å²) in [7, 11) is 0. The molecule has 0 saturated carbocycles. The molecule has 1 amide bonds. The van der Waals surface area contributed by atoms with Crippen molar-refractivity contribution >= 4 is 29.0 Å². The van der Waals surface area contributed by atoms with E-state index in [1.807, 2.05) is 17.8 Å². The largest absolute Gasteiger partial charge is 0.396 e. The summed E-state index contributed by atoms with van der Waals surface area (Å²) >= 11 is 1.84. The molecule has 94 valence electrons. The summed E-state index contributed by atoms with van der Waals surface area (Å²) in [5, 5.41) is 3.23. The van der Waals surface area contributed by atoms with Crippen molar-refractivity contribution in [3.8, 4) is 0 Å². The molecule has 0 atom stereocenters. The van der Waals surface area contributed by atoms with Gasteiger partial charge in [-0.1, -0.05) is 6.07 Å².